The van der Waals surface area contributed by atoms with E-state index in [0.29, 0.717) is 10.9 Å². The monoisotopic (exact) mass is 399 g/mol. The maximum atomic E-state index is 13.7. The number of amidine groups is 1. The van der Waals surface area contributed by atoms with Crippen molar-refractivity contribution in [3.05, 3.63) is 63.0 Å². The molecule has 0 aliphatic carbocycles. The molecule has 0 fully saturated rings. The van der Waals surface area contributed by atoms with Crippen LogP contribution in [0, 0.1) is 5.82 Å². The molecule has 1 atom stereocenters. The van der Waals surface area contributed by atoms with Crippen LogP contribution in [0.2, 0.25) is 5.02 Å². The normalized spacial score (nSPS) is 18.2. The second-order valence-corrected chi connectivity index (χ2v) is 6.56. The summed E-state index contributed by atoms with van der Waals surface area (Å²) in [5.41, 5.74) is 1.69. The van der Waals surface area contributed by atoms with E-state index in [1.165, 1.54) is 17.4 Å². The lowest BCUT2D eigenvalue weighted by Gasteiger charge is -2.29. The number of halogens is 3. The number of alkyl halides is 1. The van der Waals surface area contributed by atoms with Crippen molar-refractivity contribution in [3.63, 3.8) is 0 Å². The van der Waals surface area contributed by atoms with E-state index in [-0.39, 0.29) is 11.1 Å². The molecule has 2 heterocycles. The molecular weight excluding hydrogens is 389 g/mol. The van der Waals surface area contributed by atoms with Crippen molar-refractivity contribution >= 4 is 44.7 Å². The maximum Gasteiger partial charge on any atom is 0.165 e. The summed E-state index contributed by atoms with van der Waals surface area (Å²) in [6.45, 7) is 0. The first-order chi connectivity index (χ1) is 10.6. The van der Waals surface area contributed by atoms with Crippen LogP contribution in [0.15, 0.2) is 46.5 Å². The van der Waals surface area contributed by atoms with Crippen LogP contribution in [0.3, 0.4) is 0 Å². The molecule has 0 N–H and O–H groups in total. The van der Waals surface area contributed by atoms with Gasteiger partial charge in [-0.2, -0.15) is 0 Å². The minimum atomic E-state index is -0.433. The highest BCUT2D eigenvalue weighted by Crippen LogP contribution is 2.34. The molecule has 0 bridgehead atoms. The molecule has 0 saturated carbocycles. The van der Waals surface area contributed by atoms with Crippen LogP contribution >= 0.6 is 38.9 Å². The van der Waals surface area contributed by atoms with Gasteiger partial charge in [0.25, 0.3) is 0 Å². The molecule has 0 amide bonds. The Kier molecular flexibility index (Phi) is 4.61. The van der Waals surface area contributed by atoms with E-state index >= 15 is 0 Å². The quantitative estimate of drug-likeness (QED) is 0.702. The fourth-order valence-corrected chi connectivity index (χ4v) is 3.73. The highest BCUT2D eigenvalue weighted by molar-refractivity contribution is 9.09. The summed E-state index contributed by atoms with van der Waals surface area (Å²) in [5.74, 6) is 0.329. The third-order valence-electron chi connectivity index (χ3n) is 3.42. The van der Waals surface area contributed by atoms with E-state index in [9.17, 15) is 4.39 Å². The molecule has 3 rings (SSSR count). The van der Waals surface area contributed by atoms with Gasteiger partial charge in [0, 0.05) is 35.2 Å². The first-order valence-corrected chi connectivity index (χ1v) is 8.91. The number of hydrogen-bond donors (Lipinski definition) is 0. The van der Waals surface area contributed by atoms with Gasteiger partial charge in [-0.25, -0.2) is 9.37 Å². The lowest BCUT2D eigenvalue weighted by atomic mass is 10.0. The molecule has 1 aliphatic heterocycles. The van der Waals surface area contributed by atoms with Crippen LogP contribution < -0.4 is 0 Å². The van der Waals surface area contributed by atoms with Gasteiger partial charge in [-0.1, -0.05) is 39.7 Å². The van der Waals surface area contributed by atoms with E-state index in [1.807, 2.05) is 23.4 Å². The SMILES string of the molecule is CN1C(CBr)=C[C@H](c2cccc(F)c2Cl)N=C1c1nccs1. The molecule has 0 saturated heterocycles. The highest BCUT2D eigenvalue weighted by atomic mass is 79.9. The van der Waals surface area contributed by atoms with Crippen molar-refractivity contribution in [2.45, 2.75) is 6.04 Å². The lowest BCUT2D eigenvalue weighted by molar-refractivity contribution is 0.590. The van der Waals surface area contributed by atoms with Gasteiger partial charge in [0.05, 0.1) is 11.1 Å². The fourth-order valence-electron chi connectivity index (χ4n) is 2.26. The van der Waals surface area contributed by atoms with Crippen LogP contribution in [-0.2, 0) is 0 Å². The summed E-state index contributed by atoms with van der Waals surface area (Å²) >= 11 is 11.1. The van der Waals surface area contributed by atoms with Crippen molar-refractivity contribution < 1.29 is 4.39 Å². The van der Waals surface area contributed by atoms with E-state index in [0.717, 1.165) is 16.5 Å². The minimum Gasteiger partial charge on any atom is -0.330 e. The first-order valence-electron chi connectivity index (χ1n) is 6.53. The lowest BCUT2D eigenvalue weighted by Crippen LogP contribution is -2.31. The van der Waals surface area contributed by atoms with E-state index in [1.54, 1.807) is 18.3 Å². The third-order valence-corrected chi connectivity index (χ3v) is 5.16. The Hall–Kier alpha value is -1.24. The molecule has 0 unspecified atom stereocenters. The topological polar surface area (TPSA) is 28.5 Å². The smallest absolute Gasteiger partial charge is 0.165 e. The van der Waals surface area contributed by atoms with Crippen molar-refractivity contribution in [2.75, 3.05) is 12.4 Å². The summed E-state index contributed by atoms with van der Waals surface area (Å²) in [7, 11) is 1.94. The number of thiazole rings is 1. The molecule has 0 radical (unpaired) electrons. The summed E-state index contributed by atoms with van der Waals surface area (Å²) in [4.78, 5) is 11.0. The number of aliphatic imine (C=N–C) groups is 1. The molecule has 2 aromatic rings. The van der Waals surface area contributed by atoms with E-state index in [2.05, 4.69) is 20.9 Å². The molecule has 1 aliphatic rings. The Morgan fingerprint density at radius 1 is 1.45 bits per heavy atom. The number of nitrogens with zero attached hydrogens (tertiary/aromatic N) is 3. The van der Waals surface area contributed by atoms with Gasteiger partial charge in [0.2, 0.25) is 0 Å². The Balaban J connectivity index is 2.10. The molecule has 114 valence electrons. The zero-order chi connectivity index (χ0) is 15.7. The largest absolute Gasteiger partial charge is 0.330 e. The van der Waals surface area contributed by atoms with Gasteiger partial charge in [-0.15, -0.1) is 11.3 Å². The average Bonchev–Trinajstić information content (AvgIpc) is 3.04. The fraction of sp³-hybridized carbons (Fsp3) is 0.200. The summed E-state index contributed by atoms with van der Waals surface area (Å²) in [6.07, 6.45) is 3.72. The van der Waals surface area contributed by atoms with E-state index in [4.69, 9.17) is 16.6 Å². The summed E-state index contributed by atoms with van der Waals surface area (Å²) in [6, 6.07) is 4.47. The molecule has 7 heteroatoms. The van der Waals surface area contributed by atoms with Crippen LogP contribution in [0.1, 0.15) is 16.6 Å². The molecule has 22 heavy (non-hydrogen) atoms. The predicted octanol–water partition coefficient (Wildman–Crippen LogP) is 4.65. The van der Waals surface area contributed by atoms with Crippen molar-refractivity contribution in [3.8, 4) is 0 Å². The van der Waals surface area contributed by atoms with Crippen LogP contribution in [0.5, 0.6) is 0 Å². The van der Waals surface area contributed by atoms with Gasteiger partial charge >= 0.3 is 0 Å². The van der Waals surface area contributed by atoms with Crippen LogP contribution in [0.4, 0.5) is 4.39 Å². The second-order valence-electron chi connectivity index (χ2n) is 4.73. The highest BCUT2D eigenvalue weighted by Gasteiger charge is 2.25. The van der Waals surface area contributed by atoms with Gasteiger partial charge in [0.15, 0.2) is 10.8 Å². The third kappa shape index (κ3) is 2.83. The number of aromatic nitrogens is 1. The van der Waals surface area contributed by atoms with Crippen molar-refractivity contribution in [2.24, 2.45) is 4.99 Å². The van der Waals surface area contributed by atoms with Gasteiger partial charge in [-0.3, -0.25) is 4.99 Å². The van der Waals surface area contributed by atoms with Crippen molar-refractivity contribution in [1.82, 2.24) is 9.88 Å². The number of rotatable bonds is 3. The van der Waals surface area contributed by atoms with E-state index < -0.39 is 5.82 Å². The Labute approximate surface area is 145 Å². The van der Waals surface area contributed by atoms with Crippen LogP contribution in [-0.4, -0.2) is 28.1 Å². The summed E-state index contributed by atoms with van der Waals surface area (Å²) < 4.78 is 13.7. The molecule has 1 aromatic carbocycles. The number of benzene rings is 1. The second kappa shape index (κ2) is 6.48. The molecule has 1 aromatic heterocycles. The Morgan fingerprint density at radius 3 is 2.95 bits per heavy atom. The van der Waals surface area contributed by atoms with Crippen LogP contribution in [0.25, 0.3) is 0 Å². The van der Waals surface area contributed by atoms with Crippen molar-refractivity contribution in [1.29, 1.82) is 0 Å². The zero-order valence-corrected chi connectivity index (χ0v) is 14.8. The molecule has 3 nitrogen and oxygen atoms in total. The predicted molar refractivity (Wildman–Crippen MR) is 92.4 cm³/mol. The zero-order valence-electron chi connectivity index (χ0n) is 11.6. The summed E-state index contributed by atoms with van der Waals surface area (Å²) in [5, 5.41) is 3.51. The first kappa shape index (κ1) is 15.6. The van der Waals surface area contributed by atoms with Gasteiger partial charge < -0.3 is 4.90 Å². The Morgan fingerprint density at radius 2 is 2.27 bits per heavy atom. The number of hydrogen-bond acceptors (Lipinski definition) is 4. The maximum absolute atomic E-state index is 13.7. The average molecular weight is 401 g/mol. The minimum absolute atomic E-state index is 0.115. The molecular formula is C15H12BrClFN3S. The van der Waals surface area contributed by atoms with Gasteiger partial charge in [0.1, 0.15) is 5.82 Å². The molecule has 0 spiro atoms. The standard InChI is InChI=1S/C15H12BrClFN3S/c1-21-9(8-16)7-12(10-3-2-4-11(18)13(10)17)20-14(21)15-19-5-6-22-15/h2-7,12H,8H2,1H3/t12-/m1/s1. The van der Waals surface area contributed by atoms with Gasteiger partial charge in [-0.05, 0) is 12.1 Å². The number of allylic oxidation sites excluding steroid dienone is 1. The Bertz CT molecular complexity index is 745.